The maximum absolute atomic E-state index is 12.2. The first-order chi connectivity index (χ1) is 10.7. The van der Waals surface area contributed by atoms with E-state index in [1.165, 1.54) is 0 Å². The molecule has 0 amide bonds. The lowest BCUT2D eigenvalue weighted by Crippen LogP contribution is -2.06. The number of carbonyl (C=O) groups is 1. The topological polar surface area (TPSA) is 39.2 Å². The second kappa shape index (κ2) is 6.16. The largest absolute Gasteiger partial charge is 0.462 e. The van der Waals surface area contributed by atoms with Crippen LogP contribution in [0.1, 0.15) is 17.3 Å². The van der Waals surface area contributed by atoms with E-state index in [9.17, 15) is 4.79 Å². The van der Waals surface area contributed by atoms with Gasteiger partial charge in [0.05, 0.1) is 17.7 Å². The molecule has 2 aromatic carbocycles. The first-order valence-electron chi connectivity index (χ1n) is 7.02. The number of benzene rings is 2. The second-order valence-electron chi connectivity index (χ2n) is 4.78. The van der Waals surface area contributed by atoms with Crippen LogP contribution in [-0.2, 0) is 4.74 Å². The lowest BCUT2D eigenvalue weighted by molar-refractivity contribution is 0.0527. The predicted molar refractivity (Wildman–Crippen MR) is 88.1 cm³/mol. The number of ether oxygens (including phenoxy) is 1. The summed E-state index contributed by atoms with van der Waals surface area (Å²) in [6, 6.07) is 16.9. The highest BCUT2D eigenvalue weighted by atomic mass is 35.5. The summed E-state index contributed by atoms with van der Waals surface area (Å²) in [5.41, 5.74) is 2.99. The Morgan fingerprint density at radius 3 is 2.64 bits per heavy atom. The number of hydrogen-bond donors (Lipinski definition) is 0. The van der Waals surface area contributed by atoms with Crippen LogP contribution in [0.15, 0.2) is 54.6 Å². The summed E-state index contributed by atoms with van der Waals surface area (Å²) in [4.78, 5) is 16.5. The third kappa shape index (κ3) is 2.68. The fraction of sp³-hybridized carbons (Fsp3) is 0.111. The standard InChI is InChI=1S/C18H14ClNO2/c1-2-22-18(21)14-9-4-3-7-12(14)15-11-17(19)20-16-10-6-5-8-13(15)16/h3-11H,2H2,1H3. The number of aromatic nitrogens is 1. The molecule has 0 saturated carbocycles. The molecular weight excluding hydrogens is 298 g/mol. The molecule has 22 heavy (non-hydrogen) atoms. The molecule has 0 saturated heterocycles. The normalized spacial score (nSPS) is 10.6. The third-order valence-corrected chi connectivity index (χ3v) is 3.59. The molecule has 1 aromatic heterocycles. The molecule has 0 fully saturated rings. The Morgan fingerprint density at radius 1 is 1.09 bits per heavy atom. The van der Waals surface area contributed by atoms with E-state index in [-0.39, 0.29) is 5.97 Å². The molecule has 0 spiro atoms. The molecule has 4 heteroatoms. The molecule has 3 aromatic rings. The zero-order valence-corrected chi connectivity index (χ0v) is 12.8. The molecule has 110 valence electrons. The average Bonchev–Trinajstić information content (AvgIpc) is 2.54. The maximum Gasteiger partial charge on any atom is 0.338 e. The van der Waals surface area contributed by atoms with Crippen molar-refractivity contribution in [3.63, 3.8) is 0 Å². The number of esters is 1. The zero-order chi connectivity index (χ0) is 15.5. The van der Waals surface area contributed by atoms with Gasteiger partial charge in [-0.1, -0.05) is 48.0 Å². The average molecular weight is 312 g/mol. The Bertz CT molecular complexity index is 845. The van der Waals surface area contributed by atoms with Gasteiger partial charge in [-0.25, -0.2) is 9.78 Å². The molecule has 0 atom stereocenters. The van der Waals surface area contributed by atoms with Crippen molar-refractivity contribution in [2.45, 2.75) is 6.92 Å². The van der Waals surface area contributed by atoms with E-state index in [4.69, 9.17) is 16.3 Å². The van der Waals surface area contributed by atoms with Crippen molar-refractivity contribution in [1.29, 1.82) is 0 Å². The minimum atomic E-state index is -0.338. The number of para-hydroxylation sites is 1. The smallest absolute Gasteiger partial charge is 0.338 e. The van der Waals surface area contributed by atoms with Crippen LogP contribution in [0.3, 0.4) is 0 Å². The van der Waals surface area contributed by atoms with Gasteiger partial charge in [0.2, 0.25) is 0 Å². The van der Waals surface area contributed by atoms with E-state index in [0.29, 0.717) is 17.3 Å². The van der Waals surface area contributed by atoms with Crippen LogP contribution in [-0.4, -0.2) is 17.6 Å². The number of hydrogen-bond acceptors (Lipinski definition) is 3. The van der Waals surface area contributed by atoms with Gasteiger partial charge in [0.15, 0.2) is 0 Å². The van der Waals surface area contributed by atoms with Gasteiger partial charge in [-0.3, -0.25) is 0 Å². The Morgan fingerprint density at radius 2 is 1.82 bits per heavy atom. The summed E-state index contributed by atoms with van der Waals surface area (Å²) in [7, 11) is 0. The van der Waals surface area contributed by atoms with Crippen molar-refractivity contribution >= 4 is 28.5 Å². The molecular formula is C18H14ClNO2. The molecule has 0 aliphatic heterocycles. The number of pyridine rings is 1. The van der Waals surface area contributed by atoms with E-state index >= 15 is 0 Å². The molecule has 1 heterocycles. The number of halogens is 1. The van der Waals surface area contributed by atoms with Crippen molar-refractivity contribution in [1.82, 2.24) is 4.98 Å². The molecule has 3 nitrogen and oxygen atoms in total. The Hall–Kier alpha value is -2.39. The monoisotopic (exact) mass is 311 g/mol. The van der Waals surface area contributed by atoms with Crippen LogP contribution in [0.5, 0.6) is 0 Å². The van der Waals surface area contributed by atoms with Gasteiger partial charge in [0.25, 0.3) is 0 Å². The SMILES string of the molecule is CCOC(=O)c1ccccc1-c1cc(Cl)nc2ccccc12. The Balaban J connectivity index is 2.26. The maximum atomic E-state index is 12.2. The van der Waals surface area contributed by atoms with Gasteiger partial charge < -0.3 is 4.74 Å². The molecule has 0 aliphatic carbocycles. The summed E-state index contributed by atoms with van der Waals surface area (Å²) in [6.07, 6.45) is 0. The van der Waals surface area contributed by atoms with E-state index in [0.717, 1.165) is 22.0 Å². The van der Waals surface area contributed by atoms with Gasteiger partial charge in [-0.2, -0.15) is 0 Å². The summed E-state index contributed by atoms with van der Waals surface area (Å²) in [6.45, 7) is 2.13. The zero-order valence-electron chi connectivity index (χ0n) is 12.0. The minimum absolute atomic E-state index is 0.338. The van der Waals surface area contributed by atoms with Gasteiger partial charge in [-0.15, -0.1) is 0 Å². The molecule has 0 radical (unpaired) electrons. The highest BCUT2D eigenvalue weighted by molar-refractivity contribution is 6.30. The molecule has 0 aliphatic rings. The quantitative estimate of drug-likeness (QED) is 0.518. The molecule has 3 rings (SSSR count). The lowest BCUT2D eigenvalue weighted by Gasteiger charge is -2.11. The summed E-state index contributed by atoms with van der Waals surface area (Å²) in [5, 5.41) is 1.34. The second-order valence-corrected chi connectivity index (χ2v) is 5.16. The molecule has 0 N–H and O–H groups in total. The van der Waals surface area contributed by atoms with Crippen molar-refractivity contribution in [2.75, 3.05) is 6.61 Å². The number of rotatable bonds is 3. The third-order valence-electron chi connectivity index (χ3n) is 3.40. The van der Waals surface area contributed by atoms with Crippen LogP contribution >= 0.6 is 11.6 Å². The highest BCUT2D eigenvalue weighted by Gasteiger charge is 2.16. The van der Waals surface area contributed by atoms with Gasteiger partial charge >= 0.3 is 5.97 Å². The number of fused-ring (bicyclic) bond motifs is 1. The van der Waals surface area contributed by atoms with E-state index in [2.05, 4.69) is 4.98 Å². The fourth-order valence-corrected chi connectivity index (χ4v) is 2.67. The minimum Gasteiger partial charge on any atom is -0.462 e. The van der Waals surface area contributed by atoms with Gasteiger partial charge in [0, 0.05) is 5.39 Å². The van der Waals surface area contributed by atoms with Crippen molar-refractivity contribution < 1.29 is 9.53 Å². The number of carbonyl (C=O) groups excluding carboxylic acids is 1. The van der Waals surface area contributed by atoms with E-state index < -0.39 is 0 Å². The summed E-state index contributed by atoms with van der Waals surface area (Å²) in [5.74, 6) is -0.338. The van der Waals surface area contributed by atoms with Crippen molar-refractivity contribution in [3.05, 3.63) is 65.3 Å². The molecule has 0 bridgehead atoms. The Kier molecular flexibility index (Phi) is 4.07. The first-order valence-corrected chi connectivity index (χ1v) is 7.40. The predicted octanol–water partition coefficient (Wildman–Crippen LogP) is 4.73. The van der Waals surface area contributed by atoms with Crippen LogP contribution in [0.4, 0.5) is 0 Å². The highest BCUT2D eigenvalue weighted by Crippen LogP contribution is 2.32. The Labute approximate surface area is 133 Å². The molecule has 0 unspecified atom stereocenters. The van der Waals surface area contributed by atoms with Crippen LogP contribution in [0.25, 0.3) is 22.0 Å². The first kappa shape index (κ1) is 14.5. The van der Waals surface area contributed by atoms with Crippen molar-refractivity contribution in [2.24, 2.45) is 0 Å². The summed E-state index contributed by atoms with van der Waals surface area (Å²) < 4.78 is 5.14. The number of nitrogens with zero attached hydrogens (tertiary/aromatic N) is 1. The van der Waals surface area contributed by atoms with Crippen molar-refractivity contribution in [3.8, 4) is 11.1 Å². The van der Waals surface area contributed by atoms with Crippen LogP contribution in [0.2, 0.25) is 5.15 Å². The fourth-order valence-electron chi connectivity index (χ4n) is 2.47. The van der Waals surface area contributed by atoms with E-state index in [1.807, 2.05) is 42.5 Å². The van der Waals surface area contributed by atoms with Gasteiger partial charge in [0.1, 0.15) is 5.15 Å². The van der Waals surface area contributed by atoms with Gasteiger partial charge in [-0.05, 0) is 36.2 Å². The van der Waals surface area contributed by atoms with Crippen LogP contribution < -0.4 is 0 Å². The van der Waals surface area contributed by atoms with Crippen LogP contribution in [0, 0.1) is 0 Å². The summed E-state index contributed by atoms with van der Waals surface area (Å²) >= 11 is 6.14. The van der Waals surface area contributed by atoms with E-state index in [1.54, 1.807) is 19.1 Å². The lowest BCUT2D eigenvalue weighted by atomic mass is 9.97.